The van der Waals surface area contributed by atoms with E-state index in [0.29, 0.717) is 6.54 Å². The summed E-state index contributed by atoms with van der Waals surface area (Å²) in [6.45, 7) is 2.71. The third-order valence-electron chi connectivity index (χ3n) is 3.21. The third-order valence-corrected chi connectivity index (χ3v) is 4.24. The molecule has 0 radical (unpaired) electrons. The molecule has 1 aliphatic rings. The van der Waals surface area contributed by atoms with Gasteiger partial charge in [0.15, 0.2) is 0 Å². The smallest absolute Gasteiger partial charge is 0.335 e. The molecular weight excluding hydrogens is 288 g/mol. The molecule has 1 atom stereocenters. The van der Waals surface area contributed by atoms with Crippen LogP contribution in [0.2, 0.25) is 0 Å². The zero-order valence-corrected chi connectivity index (χ0v) is 12.8. The largest absolute Gasteiger partial charge is 0.478 e. The summed E-state index contributed by atoms with van der Waals surface area (Å²) < 4.78 is 0. The quantitative estimate of drug-likeness (QED) is 0.926. The van der Waals surface area contributed by atoms with Gasteiger partial charge < -0.3 is 10.0 Å². The number of carboxylic acids is 1. The normalized spacial score (nSPS) is 17.0. The molecule has 1 aromatic carbocycles. The minimum Gasteiger partial charge on any atom is -0.478 e. The summed E-state index contributed by atoms with van der Waals surface area (Å²) in [5.41, 5.74) is 1.04. The van der Waals surface area contributed by atoms with Crippen LogP contribution in [0.1, 0.15) is 34.6 Å². The van der Waals surface area contributed by atoms with Gasteiger partial charge in [0.1, 0.15) is 5.37 Å². The van der Waals surface area contributed by atoms with E-state index >= 15 is 0 Å². The van der Waals surface area contributed by atoms with Gasteiger partial charge in [-0.2, -0.15) is 0 Å². The van der Waals surface area contributed by atoms with Crippen molar-refractivity contribution in [2.45, 2.75) is 18.7 Å². The monoisotopic (exact) mass is 306 g/mol. The maximum Gasteiger partial charge on any atom is 0.335 e. The van der Waals surface area contributed by atoms with Gasteiger partial charge in [0.2, 0.25) is 0 Å². The first kappa shape index (κ1) is 15.4. The average Bonchev–Trinajstić information content (AvgIpc) is 2.96. The van der Waals surface area contributed by atoms with E-state index in [1.807, 2.05) is 18.4 Å². The second-order valence-corrected chi connectivity index (χ2v) is 5.81. The van der Waals surface area contributed by atoms with Crippen molar-refractivity contribution in [2.24, 2.45) is 0 Å². The van der Waals surface area contributed by atoms with Crippen molar-refractivity contribution >= 4 is 23.8 Å². The van der Waals surface area contributed by atoms with Crippen molar-refractivity contribution in [3.8, 4) is 0 Å². The number of benzene rings is 1. The number of nitrogens with zero attached hydrogens (tertiary/aromatic N) is 2. The molecule has 0 bridgehead atoms. The fourth-order valence-electron chi connectivity index (χ4n) is 2.18. The Labute approximate surface area is 128 Å². The lowest BCUT2D eigenvalue weighted by atomic mass is 10.1. The van der Waals surface area contributed by atoms with E-state index in [0.717, 1.165) is 12.0 Å². The zero-order chi connectivity index (χ0) is 15.4. The molecule has 1 aromatic rings. The van der Waals surface area contributed by atoms with Crippen molar-refractivity contribution in [3.63, 3.8) is 0 Å². The molecule has 1 unspecified atom stereocenters. The first-order valence-electron chi connectivity index (χ1n) is 6.73. The van der Waals surface area contributed by atoms with E-state index in [-0.39, 0.29) is 17.0 Å². The molecule has 0 aromatic heterocycles. The Kier molecular flexibility index (Phi) is 4.90. The summed E-state index contributed by atoms with van der Waals surface area (Å²) in [5.74, 6) is -0.964. The van der Waals surface area contributed by atoms with Gasteiger partial charge in [-0.25, -0.2) is 9.59 Å². The highest BCUT2D eigenvalue weighted by atomic mass is 32.2. The number of carboxylic acid groups (broad SMARTS) is 1. The number of carbonyl (C=O) groups excluding carboxylic acids is 1. The number of aromatic carboxylic acids is 1. The van der Waals surface area contributed by atoms with Crippen LogP contribution in [0, 0.1) is 0 Å². The van der Waals surface area contributed by atoms with Gasteiger partial charge in [0.25, 0.3) is 0 Å². The Morgan fingerprint density at radius 2 is 2.19 bits per heavy atom. The molecule has 2 amide bonds. The summed E-state index contributed by atoms with van der Waals surface area (Å²) in [6.07, 6.45) is 2.64. The first-order valence-corrected chi connectivity index (χ1v) is 7.67. The number of rotatable bonds is 4. The maximum absolute atomic E-state index is 12.4. The Hall–Kier alpha value is -1.95. The highest BCUT2D eigenvalue weighted by Crippen LogP contribution is 2.39. The Morgan fingerprint density at radius 3 is 2.86 bits per heavy atom. The van der Waals surface area contributed by atoms with Crippen LogP contribution in [0.25, 0.3) is 0 Å². The van der Waals surface area contributed by atoms with Gasteiger partial charge in [0, 0.05) is 19.8 Å². The first-order chi connectivity index (χ1) is 10.0. The van der Waals surface area contributed by atoms with Gasteiger partial charge in [-0.1, -0.05) is 19.1 Å². The fraction of sp³-hybridized carbons (Fsp3) is 0.333. The SMILES string of the molecule is CCCN(C)C(=O)N1C=CSC1c1cccc(C(=O)O)c1. The zero-order valence-electron chi connectivity index (χ0n) is 12.0. The lowest BCUT2D eigenvalue weighted by molar-refractivity contribution is 0.0696. The van der Waals surface area contributed by atoms with Crippen LogP contribution in [0.5, 0.6) is 0 Å². The molecular formula is C15H18N2O3S. The van der Waals surface area contributed by atoms with Crippen LogP contribution in [-0.4, -0.2) is 40.5 Å². The molecule has 0 aliphatic carbocycles. The van der Waals surface area contributed by atoms with Gasteiger partial charge in [-0.15, -0.1) is 11.8 Å². The Balaban J connectivity index is 2.21. The average molecular weight is 306 g/mol. The van der Waals surface area contributed by atoms with Crippen LogP contribution in [-0.2, 0) is 0 Å². The summed E-state index contributed by atoms with van der Waals surface area (Å²) in [5, 5.41) is 10.7. The van der Waals surface area contributed by atoms with Gasteiger partial charge in [-0.05, 0) is 29.5 Å². The number of urea groups is 1. The van der Waals surface area contributed by atoms with Gasteiger partial charge >= 0.3 is 12.0 Å². The summed E-state index contributed by atoms with van der Waals surface area (Å²) >= 11 is 1.49. The molecule has 1 aliphatic heterocycles. The number of carbonyl (C=O) groups is 2. The number of hydrogen-bond acceptors (Lipinski definition) is 3. The molecule has 2 rings (SSSR count). The van der Waals surface area contributed by atoms with Crippen molar-refractivity contribution < 1.29 is 14.7 Å². The second kappa shape index (κ2) is 6.67. The van der Waals surface area contributed by atoms with Crippen LogP contribution in [0.3, 0.4) is 0 Å². The molecule has 0 fully saturated rings. The maximum atomic E-state index is 12.4. The van der Waals surface area contributed by atoms with Crippen molar-refractivity contribution in [2.75, 3.05) is 13.6 Å². The van der Waals surface area contributed by atoms with E-state index < -0.39 is 5.97 Å². The molecule has 1 heterocycles. The van der Waals surface area contributed by atoms with Crippen molar-refractivity contribution in [1.82, 2.24) is 9.80 Å². The topological polar surface area (TPSA) is 60.9 Å². The number of hydrogen-bond donors (Lipinski definition) is 1. The van der Waals surface area contributed by atoms with Crippen LogP contribution >= 0.6 is 11.8 Å². The van der Waals surface area contributed by atoms with Crippen LogP contribution < -0.4 is 0 Å². The standard InChI is InChI=1S/C15H18N2O3S/c1-3-7-16(2)15(20)17-8-9-21-13(17)11-5-4-6-12(10-11)14(18)19/h4-6,8-10,13H,3,7H2,1-2H3,(H,18,19). The van der Waals surface area contributed by atoms with Gasteiger partial charge in [0.05, 0.1) is 5.56 Å². The Bertz CT molecular complexity index is 574. The van der Waals surface area contributed by atoms with E-state index in [1.54, 1.807) is 41.2 Å². The molecule has 21 heavy (non-hydrogen) atoms. The summed E-state index contributed by atoms with van der Waals surface area (Å²) in [6, 6.07) is 6.64. The minimum atomic E-state index is -0.964. The summed E-state index contributed by atoms with van der Waals surface area (Å²) in [4.78, 5) is 26.8. The number of thioether (sulfide) groups is 1. The molecule has 1 N–H and O–H groups in total. The van der Waals surface area contributed by atoms with Crippen molar-refractivity contribution in [1.29, 1.82) is 0 Å². The van der Waals surface area contributed by atoms with E-state index in [2.05, 4.69) is 0 Å². The Morgan fingerprint density at radius 1 is 1.43 bits per heavy atom. The number of amides is 2. The van der Waals surface area contributed by atoms with E-state index in [1.165, 1.54) is 11.8 Å². The fourth-order valence-corrected chi connectivity index (χ4v) is 3.12. The van der Waals surface area contributed by atoms with E-state index in [9.17, 15) is 9.59 Å². The van der Waals surface area contributed by atoms with Crippen molar-refractivity contribution in [3.05, 3.63) is 47.0 Å². The molecule has 0 saturated heterocycles. The predicted octanol–water partition coefficient (Wildman–Crippen LogP) is 3.37. The lowest BCUT2D eigenvalue weighted by Crippen LogP contribution is -2.38. The highest BCUT2D eigenvalue weighted by molar-refractivity contribution is 8.02. The molecule has 112 valence electrons. The second-order valence-electron chi connectivity index (χ2n) is 4.82. The lowest BCUT2D eigenvalue weighted by Gasteiger charge is -2.28. The molecule has 6 heteroatoms. The predicted molar refractivity (Wildman–Crippen MR) is 83.0 cm³/mol. The summed E-state index contributed by atoms with van der Waals surface area (Å²) in [7, 11) is 1.77. The highest BCUT2D eigenvalue weighted by Gasteiger charge is 2.29. The molecule has 5 nitrogen and oxygen atoms in total. The third kappa shape index (κ3) is 3.39. The minimum absolute atomic E-state index is 0.0798. The van der Waals surface area contributed by atoms with Crippen LogP contribution in [0.15, 0.2) is 35.9 Å². The molecule has 0 spiro atoms. The van der Waals surface area contributed by atoms with Crippen LogP contribution in [0.4, 0.5) is 4.79 Å². The van der Waals surface area contributed by atoms with E-state index in [4.69, 9.17) is 5.11 Å². The van der Waals surface area contributed by atoms with Gasteiger partial charge in [-0.3, -0.25) is 4.90 Å². The molecule has 0 saturated carbocycles.